The standard InChI is InChI=1S/C15H15NO4/c1-11-13(3-2-4-15(11)16(18)19)10-20-14-7-5-12(9-17)6-8-14/h2-8,17H,9-10H2,1H3. The predicted octanol–water partition coefficient (Wildman–Crippen LogP) is 2.97. The minimum atomic E-state index is -0.394. The van der Waals surface area contributed by atoms with E-state index in [1.54, 1.807) is 37.3 Å². The SMILES string of the molecule is Cc1c(COc2ccc(CO)cc2)cccc1[N+](=O)[O-]. The second kappa shape index (κ2) is 6.16. The lowest BCUT2D eigenvalue weighted by molar-refractivity contribution is -0.385. The second-order valence-electron chi connectivity index (χ2n) is 4.41. The molecular formula is C15H15NO4. The number of benzene rings is 2. The summed E-state index contributed by atoms with van der Waals surface area (Å²) >= 11 is 0. The molecule has 5 nitrogen and oxygen atoms in total. The molecule has 2 aromatic rings. The van der Waals surface area contributed by atoms with E-state index in [2.05, 4.69) is 0 Å². The van der Waals surface area contributed by atoms with Gasteiger partial charge in [-0.1, -0.05) is 24.3 Å². The highest BCUT2D eigenvalue weighted by atomic mass is 16.6. The van der Waals surface area contributed by atoms with Crippen molar-refractivity contribution < 1.29 is 14.8 Å². The fourth-order valence-electron chi connectivity index (χ4n) is 1.88. The first kappa shape index (κ1) is 14.0. The fourth-order valence-corrected chi connectivity index (χ4v) is 1.88. The summed E-state index contributed by atoms with van der Waals surface area (Å²) in [5.41, 5.74) is 2.31. The Bertz CT molecular complexity index is 608. The Balaban J connectivity index is 2.10. The summed E-state index contributed by atoms with van der Waals surface area (Å²) in [5, 5.41) is 19.8. The molecule has 0 aliphatic rings. The zero-order valence-electron chi connectivity index (χ0n) is 11.1. The molecule has 104 valence electrons. The van der Waals surface area contributed by atoms with E-state index in [-0.39, 0.29) is 18.9 Å². The highest BCUT2D eigenvalue weighted by molar-refractivity contribution is 5.44. The highest BCUT2D eigenvalue weighted by Gasteiger charge is 2.13. The zero-order chi connectivity index (χ0) is 14.5. The quantitative estimate of drug-likeness (QED) is 0.671. The van der Waals surface area contributed by atoms with E-state index < -0.39 is 4.92 Å². The van der Waals surface area contributed by atoms with E-state index in [4.69, 9.17) is 9.84 Å². The van der Waals surface area contributed by atoms with Crippen molar-refractivity contribution in [2.75, 3.05) is 0 Å². The molecule has 0 saturated heterocycles. The molecule has 5 heteroatoms. The summed E-state index contributed by atoms with van der Waals surface area (Å²) < 4.78 is 5.60. The van der Waals surface area contributed by atoms with Gasteiger partial charge < -0.3 is 9.84 Å². The third-order valence-electron chi connectivity index (χ3n) is 3.11. The van der Waals surface area contributed by atoms with Crippen LogP contribution in [0, 0.1) is 17.0 Å². The third-order valence-corrected chi connectivity index (χ3v) is 3.11. The number of hydrogen-bond donors (Lipinski definition) is 1. The van der Waals surface area contributed by atoms with E-state index in [0.29, 0.717) is 11.3 Å². The molecule has 0 atom stereocenters. The van der Waals surface area contributed by atoms with Crippen LogP contribution in [0.15, 0.2) is 42.5 Å². The molecule has 0 bridgehead atoms. The van der Waals surface area contributed by atoms with Gasteiger partial charge in [0.05, 0.1) is 11.5 Å². The van der Waals surface area contributed by atoms with Gasteiger partial charge in [-0.2, -0.15) is 0 Å². The van der Waals surface area contributed by atoms with Crippen LogP contribution in [-0.4, -0.2) is 10.0 Å². The third kappa shape index (κ3) is 3.13. The largest absolute Gasteiger partial charge is 0.489 e. The topological polar surface area (TPSA) is 72.6 Å². The van der Waals surface area contributed by atoms with Gasteiger partial charge in [0, 0.05) is 11.6 Å². The van der Waals surface area contributed by atoms with Crippen LogP contribution in [0.2, 0.25) is 0 Å². The molecule has 0 unspecified atom stereocenters. The van der Waals surface area contributed by atoms with Crippen molar-refractivity contribution in [3.63, 3.8) is 0 Å². The lowest BCUT2D eigenvalue weighted by atomic mass is 10.1. The van der Waals surface area contributed by atoms with Crippen LogP contribution in [-0.2, 0) is 13.2 Å². The Labute approximate surface area is 116 Å². The summed E-state index contributed by atoms with van der Waals surface area (Å²) in [5.74, 6) is 0.660. The van der Waals surface area contributed by atoms with E-state index in [1.165, 1.54) is 6.07 Å². The molecule has 0 aromatic heterocycles. The smallest absolute Gasteiger partial charge is 0.272 e. The van der Waals surface area contributed by atoms with Gasteiger partial charge in [0.2, 0.25) is 0 Å². The number of nitro groups is 1. The number of nitrogens with zero attached hydrogens (tertiary/aromatic N) is 1. The Morgan fingerprint density at radius 3 is 2.50 bits per heavy atom. The number of hydrogen-bond acceptors (Lipinski definition) is 4. The van der Waals surface area contributed by atoms with Gasteiger partial charge in [0.15, 0.2) is 0 Å². The summed E-state index contributed by atoms with van der Waals surface area (Å²) in [7, 11) is 0. The van der Waals surface area contributed by atoms with E-state index in [1.807, 2.05) is 6.07 Å². The molecular weight excluding hydrogens is 258 g/mol. The van der Waals surface area contributed by atoms with Gasteiger partial charge in [-0.15, -0.1) is 0 Å². The normalized spacial score (nSPS) is 10.3. The van der Waals surface area contributed by atoms with Crippen molar-refractivity contribution in [1.82, 2.24) is 0 Å². The minimum Gasteiger partial charge on any atom is -0.489 e. The summed E-state index contributed by atoms with van der Waals surface area (Å²) in [6.07, 6.45) is 0. The number of ether oxygens (including phenoxy) is 1. The fraction of sp³-hybridized carbons (Fsp3) is 0.200. The lowest BCUT2D eigenvalue weighted by Gasteiger charge is -2.09. The first-order valence-corrected chi connectivity index (χ1v) is 6.17. The van der Waals surface area contributed by atoms with Crippen molar-refractivity contribution in [3.05, 3.63) is 69.3 Å². The Morgan fingerprint density at radius 2 is 1.90 bits per heavy atom. The van der Waals surface area contributed by atoms with Crippen LogP contribution >= 0.6 is 0 Å². The van der Waals surface area contributed by atoms with E-state index in [9.17, 15) is 10.1 Å². The van der Waals surface area contributed by atoms with Gasteiger partial charge in [0.25, 0.3) is 5.69 Å². The van der Waals surface area contributed by atoms with Crippen molar-refractivity contribution in [2.24, 2.45) is 0 Å². The second-order valence-corrected chi connectivity index (χ2v) is 4.41. The van der Waals surface area contributed by atoms with Crippen LogP contribution in [0.25, 0.3) is 0 Å². The highest BCUT2D eigenvalue weighted by Crippen LogP contribution is 2.22. The number of aliphatic hydroxyl groups excluding tert-OH is 1. The summed E-state index contributed by atoms with van der Waals surface area (Å²) in [6.45, 7) is 1.97. The van der Waals surface area contributed by atoms with Crippen molar-refractivity contribution in [3.8, 4) is 5.75 Å². The first-order valence-electron chi connectivity index (χ1n) is 6.17. The Hall–Kier alpha value is -2.40. The molecule has 0 heterocycles. The summed E-state index contributed by atoms with van der Waals surface area (Å²) in [6, 6.07) is 12.0. The average Bonchev–Trinajstić information content (AvgIpc) is 2.46. The predicted molar refractivity (Wildman–Crippen MR) is 74.5 cm³/mol. The molecule has 0 fully saturated rings. The van der Waals surface area contributed by atoms with Crippen molar-refractivity contribution in [1.29, 1.82) is 0 Å². The molecule has 2 aromatic carbocycles. The number of nitro benzene ring substituents is 1. The van der Waals surface area contributed by atoms with Crippen LogP contribution in [0.3, 0.4) is 0 Å². The summed E-state index contributed by atoms with van der Waals surface area (Å²) in [4.78, 5) is 10.5. The van der Waals surface area contributed by atoms with Crippen LogP contribution < -0.4 is 4.74 Å². The molecule has 2 rings (SSSR count). The molecule has 0 aliphatic heterocycles. The monoisotopic (exact) mass is 273 g/mol. The molecule has 0 radical (unpaired) electrons. The maximum Gasteiger partial charge on any atom is 0.272 e. The van der Waals surface area contributed by atoms with E-state index >= 15 is 0 Å². The Morgan fingerprint density at radius 1 is 1.20 bits per heavy atom. The van der Waals surface area contributed by atoms with Gasteiger partial charge in [0.1, 0.15) is 12.4 Å². The molecule has 20 heavy (non-hydrogen) atoms. The van der Waals surface area contributed by atoms with Gasteiger partial charge in [-0.25, -0.2) is 0 Å². The molecule has 0 saturated carbocycles. The maximum absolute atomic E-state index is 10.9. The van der Waals surface area contributed by atoms with Gasteiger partial charge in [-0.3, -0.25) is 10.1 Å². The van der Waals surface area contributed by atoms with Crippen molar-refractivity contribution >= 4 is 5.69 Å². The first-order chi connectivity index (χ1) is 9.61. The van der Waals surface area contributed by atoms with Crippen LogP contribution in [0.1, 0.15) is 16.7 Å². The Kier molecular flexibility index (Phi) is 4.32. The van der Waals surface area contributed by atoms with E-state index in [0.717, 1.165) is 11.1 Å². The van der Waals surface area contributed by atoms with Gasteiger partial charge >= 0.3 is 0 Å². The molecule has 0 aliphatic carbocycles. The van der Waals surface area contributed by atoms with Crippen LogP contribution in [0.5, 0.6) is 5.75 Å². The average molecular weight is 273 g/mol. The molecule has 0 spiro atoms. The molecule has 0 amide bonds. The lowest BCUT2D eigenvalue weighted by Crippen LogP contribution is -2.01. The maximum atomic E-state index is 10.9. The number of aliphatic hydroxyl groups is 1. The minimum absolute atomic E-state index is 0.00965. The zero-order valence-corrected chi connectivity index (χ0v) is 11.1. The van der Waals surface area contributed by atoms with Crippen molar-refractivity contribution in [2.45, 2.75) is 20.1 Å². The van der Waals surface area contributed by atoms with Crippen LogP contribution in [0.4, 0.5) is 5.69 Å². The molecule has 1 N–H and O–H groups in total. The van der Waals surface area contributed by atoms with Gasteiger partial charge in [-0.05, 0) is 30.2 Å². The number of rotatable bonds is 5.